The number of rotatable bonds is 3. The Morgan fingerprint density at radius 1 is 0.509 bits per heavy atom. The van der Waals surface area contributed by atoms with E-state index in [4.69, 9.17) is 14.4 Å². The topological polar surface area (TPSA) is 43.9 Å². The summed E-state index contributed by atoms with van der Waals surface area (Å²) in [6.45, 7) is 4.70. The molecule has 0 unspecified atom stereocenters. The SMILES string of the molecule is CC1(C)c2ccccc2-c2ccc(-c3cc4c(c5ccccc35)c3ccc5ccccc5c3n4-c3nc4c(nc3-c3ccccc3)oc3ccccc34)cc21. The Kier molecular flexibility index (Phi) is 6.09. The lowest BCUT2D eigenvalue weighted by molar-refractivity contribution is 0.653. The molecule has 3 aromatic heterocycles. The average molecular weight is 704 g/mol. The van der Waals surface area contributed by atoms with Gasteiger partial charge in [0.2, 0.25) is 5.71 Å². The number of para-hydroxylation sites is 1. The summed E-state index contributed by atoms with van der Waals surface area (Å²) in [5.74, 6) is 0.772. The minimum absolute atomic E-state index is 0.112. The zero-order chi connectivity index (χ0) is 36.4. The number of hydrogen-bond acceptors (Lipinski definition) is 3. The lowest BCUT2D eigenvalue weighted by Gasteiger charge is -2.22. The normalized spacial score (nSPS) is 13.4. The maximum absolute atomic E-state index is 6.36. The van der Waals surface area contributed by atoms with Crippen molar-refractivity contribution >= 4 is 65.6 Å². The second kappa shape index (κ2) is 11.0. The summed E-state index contributed by atoms with van der Waals surface area (Å²) in [6.07, 6.45) is 0. The predicted octanol–water partition coefficient (Wildman–Crippen LogP) is 13.4. The molecule has 0 aliphatic heterocycles. The molecule has 8 aromatic carbocycles. The van der Waals surface area contributed by atoms with E-state index in [2.05, 4.69) is 158 Å². The molecule has 0 atom stereocenters. The van der Waals surface area contributed by atoms with Crippen molar-refractivity contribution in [3.05, 3.63) is 175 Å². The van der Waals surface area contributed by atoms with Crippen LogP contribution in [0.1, 0.15) is 25.0 Å². The summed E-state index contributed by atoms with van der Waals surface area (Å²) in [4.78, 5) is 10.9. The number of fused-ring (bicyclic) bond motifs is 13. The first-order valence-corrected chi connectivity index (χ1v) is 18.9. The summed E-state index contributed by atoms with van der Waals surface area (Å²) in [7, 11) is 0. The molecule has 0 amide bonds. The minimum atomic E-state index is -0.112. The Morgan fingerprint density at radius 2 is 1.22 bits per heavy atom. The Balaban J connectivity index is 1.25. The molecule has 0 radical (unpaired) electrons. The van der Waals surface area contributed by atoms with E-state index >= 15 is 0 Å². The van der Waals surface area contributed by atoms with E-state index < -0.39 is 0 Å². The van der Waals surface area contributed by atoms with Crippen LogP contribution in [0.15, 0.2) is 168 Å². The molecule has 0 N–H and O–H groups in total. The largest absolute Gasteiger partial charge is 0.436 e. The van der Waals surface area contributed by atoms with Crippen molar-refractivity contribution in [1.82, 2.24) is 14.5 Å². The molecule has 3 heterocycles. The quantitative estimate of drug-likeness (QED) is 0.184. The number of benzene rings is 8. The van der Waals surface area contributed by atoms with E-state index in [0.717, 1.165) is 50.0 Å². The van der Waals surface area contributed by atoms with Gasteiger partial charge in [0.15, 0.2) is 5.82 Å². The molecule has 258 valence electrons. The van der Waals surface area contributed by atoms with Crippen LogP contribution in [-0.4, -0.2) is 14.5 Å². The van der Waals surface area contributed by atoms with Crippen molar-refractivity contribution in [2.75, 3.05) is 0 Å². The Hall–Kier alpha value is -7.04. The van der Waals surface area contributed by atoms with Gasteiger partial charge in [-0.3, -0.25) is 4.57 Å². The highest BCUT2D eigenvalue weighted by molar-refractivity contribution is 6.28. The summed E-state index contributed by atoms with van der Waals surface area (Å²) >= 11 is 0. The first kappa shape index (κ1) is 30.4. The van der Waals surface area contributed by atoms with Crippen LogP contribution in [-0.2, 0) is 5.41 Å². The first-order valence-electron chi connectivity index (χ1n) is 18.9. The van der Waals surface area contributed by atoms with Crippen LogP contribution < -0.4 is 0 Å². The van der Waals surface area contributed by atoms with Gasteiger partial charge in [-0.05, 0) is 73.8 Å². The van der Waals surface area contributed by atoms with Crippen LogP contribution in [0.25, 0.3) is 105 Å². The van der Waals surface area contributed by atoms with E-state index in [-0.39, 0.29) is 5.41 Å². The Labute approximate surface area is 316 Å². The lowest BCUT2D eigenvalue weighted by atomic mass is 9.81. The highest BCUT2D eigenvalue weighted by Crippen LogP contribution is 2.51. The van der Waals surface area contributed by atoms with Crippen molar-refractivity contribution < 1.29 is 4.42 Å². The molecular formula is C51H33N3O. The minimum Gasteiger partial charge on any atom is -0.436 e. The van der Waals surface area contributed by atoms with Crippen molar-refractivity contribution in [1.29, 1.82) is 0 Å². The number of nitrogens with zero attached hydrogens (tertiary/aromatic N) is 3. The number of furan rings is 1. The molecule has 0 spiro atoms. The first-order chi connectivity index (χ1) is 27.0. The Bertz CT molecular complexity index is 3400. The smallest absolute Gasteiger partial charge is 0.247 e. The van der Waals surface area contributed by atoms with Gasteiger partial charge in [-0.2, -0.15) is 0 Å². The summed E-state index contributed by atoms with van der Waals surface area (Å²) in [6, 6.07) is 58.9. The van der Waals surface area contributed by atoms with Gasteiger partial charge >= 0.3 is 0 Å². The van der Waals surface area contributed by atoms with Crippen LogP contribution in [0.4, 0.5) is 0 Å². The predicted molar refractivity (Wildman–Crippen MR) is 227 cm³/mol. The third-order valence-electron chi connectivity index (χ3n) is 12.0. The molecule has 0 saturated heterocycles. The van der Waals surface area contributed by atoms with Crippen molar-refractivity contribution in [2.45, 2.75) is 19.3 Å². The summed E-state index contributed by atoms with van der Waals surface area (Å²) in [5.41, 5.74) is 13.7. The van der Waals surface area contributed by atoms with Crippen molar-refractivity contribution in [2.24, 2.45) is 0 Å². The molecule has 12 rings (SSSR count). The molecule has 4 heteroatoms. The van der Waals surface area contributed by atoms with Gasteiger partial charge in [0.05, 0.1) is 11.0 Å². The fourth-order valence-corrected chi connectivity index (χ4v) is 9.43. The van der Waals surface area contributed by atoms with Crippen LogP contribution in [0.3, 0.4) is 0 Å². The monoisotopic (exact) mass is 703 g/mol. The highest BCUT2D eigenvalue weighted by Gasteiger charge is 2.35. The molecular weight excluding hydrogens is 671 g/mol. The van der Waals surface area contributed by atoms with E-state index in [1.165, 1.54) is 60.3 Å². The standard InChI is InChI=1S/C51H33N3O/c1-51(2)41-22-12-10-19-35(41)36-26-25-32(28-42(36)51)40-29-43-45(37-20-9-8-18-34(37)40)39-27-24-30-14-6-7-17-33(30)48(39)54(43)49-46(31-15-4-3-5-16-31)53-50-47(52-49)38-21-11-13-23-44(38)55-50/h3-29H,1-2H3. The molecule has 0 saturated carbocycles. The summed E-state index contributed by atoms with van der Waals surface area (Å²) in [5, 5.41) is 8.10. The van der Waals surface area contributed by atoms with Crippen LogP contribution in [0.2, 0.25) is 0 Å². The molecule has 1 aliphatic rings. The van der Waals surface area contributed by atoms with Gasteiger partial charge in [-0.1, -0.05) is 153 Å². The van der Waals surface area contributed by atoms with Gasteiger partial charge in [-0.15, -0.1) is 0 Å². The molecule has 0 fully saturated rings. The lowest BCUT2D eigenvalue weighted by Crippen LogP contribution is -2.14. The average Bonchev–Trinajstić information content (AvgIpc) is 3.85. The fraction of sp³-hybridized carbons (Fsp3) is 0.0588. The third kappa shape index (κ3) is 4.17. The van der Waals surface area contributed by atoms with E-state index in [1.54, 1.807) is 0 Å². The molecule has 4 nitrogen and oxygen atoms in total. The third-order valence-corrected chi connectivity index (χ3v) is 12.0. The maximum Gasteiger partial charge on any atom is 0.247 e. The molecule has 1 aliphatic carbocycles. The van der Waals surface area contributed by atoms with Gasteiger partial charge in [-0.25, -0.2) is 9.97 Å². The van der Waals surface area contributed by atoms with Gasteiger partial charge in [0.25, 0.3) is 0 Å². The van der Waals surface area contributed by atoms with Gasteiger partial charge in [0.1, 0.15) is 16.8 Å². The van der Waals surface area contributed by atoms with Crippen LogP contribution in [0, 0.1) is 0 Å². The zero-order valence-electron chi connectivity index (χ0n) is 30.3. The van der Waals surface area contributed by atoms with Crippen molar-refractivity contribution in [3.63, 3.8) is 0 Å². The van der Waals surface area contributed by atoms with Crippen molar-refractivity contribution in [3.8, 4) is 39.3 Å². The zero-order valence-corrected chi connectivity index (χ0v) is 30.3. The molecule has 55 heavy (non-hydrogen) atoms. The highest BCUT2D eigenvalue weighted by atomic mass is 16.3. The van der Waals surface area contributed by atoms with Gasteiger partial charge < -0.3 is 4.42 Å². The van der Waals surface area contributed by atoms with Gasteiger partial charge in [0, 0.05) is 32.5 Å². The number of hydrogen-bond donors (Lipinski definition) is 0. The van der Waals surface area contributed by atoms with Crippen LogP contribution >= 0.6 is 0 Å². The van der Waals surface area contributed by atoms with E-state index in [0.29, 0.717) is 5.71 Å². The maximum atomic E-state index is 6.36. The number of aromatic nitrogens is 3. The Morgan fingerprint density at radius 3 is 2.09 bits per heavy atom. The molecule has 11 aromatic rings. The van der Waals surface area contributed by atoms with E-state index in [1.807, 2.05) is 24.3 Å². The van der Waals surface area contributed by atoms with Crippen LogP contribution in [0.5, 0.6) is 0 Å². The van der Waals surface area contributed by atoms with E-state index in [9.17, 15) is 0 Å². The summed E-state index contributed by atoms with van der Waals surface area (Å²) < 4.78 is 8.74. The second-order valence-electron chi connectivity index (χ2n) is 15.3. The molecule has 0 bridgehead atoms. The second-order valence-corrected chi connectivity index (χ2v) is 15.3. The fourth-order valence-electron chi connectivity index (χ4n) is 9.43.